The number of ether oxygens (including phenoxy) is 1. The molecule has 1 aliphatic heterocycles. The Bertz CT molecular complexity index is 709. The number of aliphatic hydroxyl groups excluding tert-OH is 1. The fraction of sp³-hybridized carbons (Fsp3) is 0.526. The van der Waals surface area contributed by atoms with Gasteiger partial charge in [-0.2, -0.15) is 5.10 Å². The van der Waals surface area contributed by atoms with E-state index in [2.05, 4.69) is 42.9 Å². The normalized spacial score (nSPS) is 14.7. The summed E-state index contributed by atoms with van der Waals surface area (Å²) in [4.78, 5) is 2.38. The van der Waals surface area contributed by atoms with E-state index in [-0.39, 0.29) is 6.61 Å². The summed E-state index contributed by atoms with van der Waals surface area (Å²) < 4.78 is 7.99. The minimum atomic E-state index is 0.0161. The first-order chi connectivity index (χ1) is 11.6. The number of benzene rings is 1. The van der Waals surface area contributed by atoms with E-state index in [0.717, 1.165) is 44.0 Å². The van der Waals surface area contributed by atoms with Gasteiger partial charge in [-0.1, -0.05) is 17.7 Å². The SMILES string of the molecule is CCn1nc(CO)c2c1CCN(CCOc1ccc(C)cc1C)C2. The van der Waals surface area contributed by atoms with E-state index >= 15 is 0 Å². The predicted molar refractivity (Wildman–Crippen MR) is 94.2 cm³/mol. The molecule has 0 fully saturated rings. The van der Waals surface area contributed by atoms with Gasteiger partial charge < -0.3 is 9.84 Å². The lowest BCUT2D eigenvalue weighted by molar-refractivity contribution is 0.192. The molecule has 1 N–H and O–H groups in total. The molecule has 0 spiro atoms. The smallest absolute Gasteiger partial charge is 0.122 e. The number of rotatable bonds is 6. The Kier molecular flexibility index (Phi) is 5.21. The molecule has 24 heavy (non-hydrogen) atoms. The lowest BCUT2D eigenvalue weighted by Gasteiger charge is -2.27. The fourth-order valence-corrected chi connectivity index (χ4v) is 3.44. The maximum atomic E-state index is 9.55. The number of hydrogen-bond donors (Lipinski definition) is 1. The number of nitrogens with zero attached hydrogens (tertiary/aromatic N) is 3. The van der Waals surface area contributed by atoms with Crippen LogP contribution in [0.4, 0.5) is 0 Å². The molecule has 3 rings (SSSR count). The molecule has 0 unspecified atom stereocenters. The van der Waals surface area contributed by atoms with E-state index < -0.39 is 0 Å². The molecular formula is C19H27N3O2. The summed E-state index contributed by atoms with van der Waals surface area (Å²) in [5.41, 5.74) is 5.76. The third-order valence-electron chi connectivity index (χ3n) is 4.74. The number of aryl methyl sites for hydroxylation is 3. The monoisotopic (exact) mass is 329 g/mol. The van der Waals surface area contributed by atoms with Gasteiger partial charge in [0.2, 0.25) is 0 Å². The van der Waals surface area contributed by atoms with Crippen LogP contribution >= 0.6 is 0 Å². The summed E-state index contributed by atoms with van der Waals surface area (Å²) in [6.07, 6.45) is 0.986. The van der Waals surface area contributed by atoms with Gasteiger partial charge in [0, 0.05) is 43.9 Å². The Morgan fingerprint density at radius 1 is 1.29 bits per heavy atom. The van der Waals surface area contributed by atoms with Crippen LogP contribution in [-0.4, -0.2) is 39.5 Å². The van der Waals surface area contributed by atoms with Crippen molar-refractivity contribution in [3.8, 4) is 5.75 Å². The van der Waals surface area contributed by atoms with Crippen LogP contribution in [0.3, 0.4) is 0 Å². The highest BCUT2D eigenvalue weighted by Crippen LogP contribution is 2.23. The largest absolute Gasteiger partial charge is 0.492 e. The minimum absolute atomic E-state index is 0.0161. The van der Waals surface area contributed by atoms with Crippen LogP contribution in [0, 0.1) is 13.8 Å². The van der Waals surface area contributed by atoms with Crippen LogP contribution in [-0.2, 0) is 26.1 Å². The molecule has 1 aromatic heterocycles. The second-order valence-corrected chi connectivity index (χ2v) is 6.49. The number of aromatic nitrogens is 2. The second-order valence-electron chi connectivity index (χ2n) is 6.49. The van der Waals surface area contributed by atoms with Crippen LogP contribution in [0.15, 0.2) is 18.2 Å². The first-order valence-electron chi connectivity index (χ1n) is 8.73. The van der Waals surface area contributed by atoms with Crippen LogP contribution < -0.4 is 4.74 Å². The quantitative estimate of drug-likeness (QED) is 0.884. The molecule has 0 amide bonds. The zero-order valence-corrected chi connectivity index (χ0v) is 14.9. The van der Waals surface area contributed by atoms with Gasteiger partial charge in [0.1, 0.15) is 12.4 Å². The van der Waals surface area contributed by atoms with Crippen LogP contribution in [0.5, 0.6) is 5.75 Å². The van der Waals surface area contributed by atoms with Crippen molar-refractivity contribution in [3.05, 3.63) is 46.3 Å². The molecule has 0 atom stereocenters. The Balaban J connectivity index is 1.59. The molecular weight excluding hydrogens is 302 g/mol. The highest BCUT2D eigenvalue weighted by molar-refractivity contribution is 5.35. The average molecular weight is 329 g/mol. The van der Waals surface area contributed by atoms with Crippen LogP contribution in [0.25, 0.3) is 0 Å². The number of aliphatic hydroxyl groups is 1. The Morgan fingerprint density at radius 3 is 2.83 bits per heavy atom. The van der Waals surface area contributed by atoms with Crippen molar-refractivity contribution < 1.29 is 9.84 Å². The maximum Gasteiger partial charge on any atom is 0.122 e. The summed E-state index contributed by atoms with van der Waals surface area (Å²) >= 11 is 0. The molecule has 1 aromatic carbocycles. The Morgan fingerprint density at radius 2 is 2.12 bits per heavy atom. The lowest BCUT2D eigenvalue weighted by Crippen LogP contribution is -2.34. The van der Waals surface area contributed by atoms with E-state index in [1.807, 2.05) is 10.7 Å². The molecule has 0 saturated heterocycles. The molecule has 0 radical (unpaired) electrons. The van der Waals surface area contributed by atoms with Gasteiger partial charge in [0.15, 0.2) is 0 Å². The Labute approximate surface area is 143 Å². The molecule has 1 aliphatic rings. The molecule has 2 aromatic rings. The molecule has 0 bridgehead atoms. The lowest BCUT2D eigenvalue weighted by atomic mass is 10.1. The Hall–Kier alpha value is -1.85. The van der Waals surface area contributed by atoms with Crippen molar-refractivity contribution in [1.29, 1.82) is 0 Å². The van der Waals surface area contributed by atoms with E-state index in [0.29, 0.717) is 6.61 Å². The van der Waals surface area contributed by atoms with E-state index in [1.165, 1.54) is 22.4 Å². The van der Waals surface area contributed by atoms with Gasteiger partial charge in [-0.05, 0) is 32.4 Å². The summed E-state index contributed by atoms with van der Waals surface area (Å²) in [6.45, 7) is 10.6. The van der Waals surface area contributed by atoms with Crippen LogP contribution in [0.1, 0.15) is 35.0 Å². The van der Waals surface area contributed by atoms with Gasteiger partial charge in [-0.15, -0.1) is 0 Å². The van der Waals surface area contributed by atoms with Gasteiger partial charge in [-0.25, -0.2) is 0 Å². The van der Waals surface area contributed by atoms with Crippen molar-refractivity contribution in [3.63, 3.8) is 0 Å². The fourth-order valence-electron chi connectivity index (χ4n) is 3.44. The second kappa shape index (κ2) is 7.36. The third-order valence-corrected chi connectivity index (χ3v) is 4.74. The molecule has 5 nitrogen and oxygen atoms in total. The van der Waals surface area contributed by atoms with Crippen molar-refractivity contribution in [1.82, 2.24) is 14.7 Å². The van der Waals surface area contributed by atoms with Crippen molar-refractivity contribution in [2.24, 2.45) is 0 Å². The zero-order valence-electron chi connectivity index (χ0n) is 14.9. The zero-order chi connectivity index (χ0) is 17.1. The average Bonchev–Trinajstić information content (AvgIpc) is 2.94. The third kappa shape index (κ3) is 3.47. The van der Waals surface area contributed by atoms with E-state index in [9.17, 15) is 5.11 Å². The molecule has 5 heteroatoms. The first-order valence-corrected chi connectivity index (χ1v) is 8.73. The van der Waals surface area contributed by atoms with Gasteiger partial charge in [-0.3, -0.25) is 9.58 Å². The van der Waals surface area contributed by atoms with Crippen LogP contribution in [0.2, 0.25) is 0 Å². The molecule has 2 heterocycles. The molecule has 0 aliphatic carbocycles. The number of hydrogen-bond acceptors (Lipinski definition) is 4. The summed E-state index contributed by atoms with van der Waals surface area (Å²) in [7, 11) is 0. The van der Waals surface area contributed by atoms with E-state index in [1.54, 1.807) is 0 Å². The summed E-state index contributed by atoms with van der Waals surface area (Å²) in [5, 5.41) is 14.1. The summed E-state index contributed by atoms with van der Waals surface area (Å²) in [6, 6.07) is 6.28. The van der Waals surface area contributed by atoms with Gasteiger partial charge in [0.05, 0.1) is 12.3 Å². The van der Waals surface area contributed by atoms with Gasteiger partial charge >= 0.3 is 0 Å². The molecule has 130 valence electrons. The summed E-state index contributed by atoms with van der Waals surface area (Å²) in [5.74, 6) is 0.966. The standard InChI is InChI=1S/C19H27N3O2/c1-4-22-18-7-8-21(12-16(18)17(13-23)20-22)9-10-24-19-6-5-14(2)11-15(19)3/h5-6,11,23H,4,7-10,12-13H2,1-3H3. The molecule has 0 saturated carbocycles. The first kappa shape index (κ1) is 17.0. The highest BCUT2D eigenvalue weighted by Gasteiger charge is 2.23. The minimum Gasteiger partial charge on any atom is -0.492 e. The maximum absolute atomic E-state index is 9.55. The topological polar surface area (TPSA) is 50.5 Å². The van der Waals surface area contributed by atoms with Crippen molar-refractivity contribution in [2.45, 2.75) is 46.9 Å². The van der Waals surface area contributed by atoms with Crippen molar-refractivity contribution in [2.75, 3.05) is 19.7 Å². The van der Waals surface area contributed by atoms with Crippen molar-refractivity contribution >= 4 is 0 Å². The highest BCUT2D eigenvalue weighted by atomic mass is 16.5. The van der Waals surface area contributed by atoms with E-state index in [4.69, 9.17) is 4.74 Å². The van der Waals surface area contributed by atoms with Gasteiger partial charge in [0.25, 0.3) is 0 Å². The predicted octanol–water partition coefficient (Wildman–Crippen LogP) is 2.45. The number of fused-ring (bicyclic) bond motifs is 1.